The molecule has 1 aliphatic heterocycles. The molecule has 1 aromatic carbocycles. The summed E-state index contributed by atoms with van der Waals surface area (Å²) in [6, 6.07) is 9.31. The van der Waals surface area contributed by atoms with Gasteiger partial charge in [-0.25, -0.2) is 4.79 Å². The van der Waals surface area contributed by atoms with Crippen molar-refractivity contribution in [3.63, 3.8) is 0 Å². The second-order valence-corrected chi connectivity index (χ2v) is 6.52. The van der Waals surface area contributed by atoms with E-state index in [4.69, 9.17) is 4.74 Å². The van der Waals surface area contributed by atoms with Gasteiger partial charge in [0, 0.05) is 44.7 Å². The molecule has 0 atom stereocenters. The molecule has 0 unspecified atom stereocenters. The number of ether oxygens (including phenoxy) is 1. The summed E-state index contributed by atoms with van der Waals surface area (Å²) in [5, 5.41) is 0.904. The fourth-order valence-corrected chi connectivity index (χ4v) is 3.26. The van der Waals surface area contributed by atoms with E-state index in [1.807, 2.05) is 24.3 Å². The van der Waals surface area contributed by atoms with Crippen molar-refractivity contribution in [3.05, 3.63) is 36.5 Å². The van der Waals surface area contributed by atoms with Crippen molar-refractivity contribution < 1.29 is 19.1 Å². The van der Waals surface area contributed by atoms with Gasteiger partial charge in [-0.1, -0.05) is 18.2 Å². The minimum Gasteiger partial charge on any atom is -0.450 e. The Morgan fingerprint density at radius 3 is 2.43 bits per heavy atom. The average molecular weight is 384 g/mol. The van der Waals surface area contributed by atoms with Crippen LogP contribution in [0.15, 0.2) is 36.5 Å². The lowest BCUT2D eigenvalue weighted by atomic mass is 10.1. The number of carbonyl (C=O) groups is 3. The monoisotopic (exact) mass is 384 g/mol. The molecule has 3 rings (SSSR count). The molecule has 0 bridgehead atoms. The van der Waals surface area contributed by atoms with Crippen LogP contribution < -0.4 is 4.90 Å². The highest BCUT2D eigenvalue weighted by atomic mass is 16.6. The molecule has 0 spiro atoms. The van der Waals surface area contributed by atoms with Gasteiger partial charge in [-0.3, -0.25) is 14.6 Å². The molecule has 148 valence electrons. The molecule has 2 aromatic rings. The largest absolute Gasteiger partial charge is 0.450 e. The zero-order valence-electron chi connectivity index (χ0n) is 16.1. The molecule has 2 heterocycles. The quantitative estimate of drug-likeness (QED) is 0.804. The number of hydrogen-bond donors (Lipinski definition) is 0. The van der Waals surface area contributed by atoms with E-state index in [2.05, 4.69) is 4.98 Å². The van der Waals surface area contributed by atoms with Gasteiger partial charge in [-0.05, 0) is 19.1 Å². The smallest absolute Gasteiger partial charge is 0.409 e. The second kappa shape index (κ2) is 8.69. The van der Waals surface area contributed by atoms with Crippen molar-refractivity contribution in [2.75, 3.05) is 44.2 Å². The molecule has 1 fully saturated rings. The SMILES string of the molecule is CCOC(=O)N1CCN(C(=O)CN(C(C)=O)c2cccc3cccnc23)CC1. The van der Waals surface area contributed by atoms with E-state index in [1.54, 1.807) is 29.0 Å². The first-order valence-electron chi connectivity index (χ1n) is 9.32. The molecule has 8 nitrogen and oxygen atoms in total. The van der Waals surface area contributed by atoms with Crippen LogP contribution in [0.4, 0.5) is 10.5 Å². The maximum absolute atomic E-state index is 12.8. The zero-order valence-corrected chi connectivity index (χ0v) is 16.1. The lowest BCUT2D eigenvalue weighted by molar-refractivity contribution is -0.132. The summed E-state index contributed by atoms with van der Waals surface area (Å²) >= 11 is 0. The molecule has 3 amide bonds. The first-order chi connectivity index (χ1) is 13.5. The predicted octanol–water partition coefficient (Wildman–Crippen LogP) is 1.89. The Bertz CT molecular complexity index is 872. The third-order valence-electron chi connectivity index (χ3n) is 4.73. The zero-order chi connectivity index (χ0) is 20.1. The standard InChI is InChI=1S/C20H24N4O4/c1-3-28-20(27)23-12-10-22(11-13-23)18(26)14-24(15(2)25)17-8-4-6-16-7-5-9-21-19(16)17/h4-9H,3,10-14H2,1-2H3. The van der Waals surface area contributed by atoms with E-state index in [-0.39, 0.29) is 24.5 Å². The minimum atomic E-state index is -0.359. The number of rotatable bonds is 4. The van der Waals surface area contributed by atoms with Gasteiger partial charge in [0.15, 0.2) is 0 Å². The number of hydrogen-bond acceptors (Lipinski definition) is 5. The Labute approximate surface area is 163 Å². The first-order valence-corrected chi connectivity index (χ1v) is 9.32. The van der Waals surface area contributed by atoms with Gasteiger partial charge in [0.2, 0.25) is 11.8 Å². The van der Waals surface area contributed by atoms with Crippen molar-refractivity contribution in [2.24, 2.45) is 0 Å². The van der Waals surface area contributed by atoms with Crippen LogP contribution in [0.1, 0.15) is 13.8 Å². The summed E-state index contributed by atoms with van der Waals surface area (Å²) in [4.78, 5) is 46.0. The van der Waals surface area contributed by atoms with E-state index in [0.717, 1.165) is 5.39 Å². The Morgan fingerprint density at radius 2 is 1.75 bits per heavy atom. The van der Waals surface area contributed by atoms with Crippen molar-refractivity contribution in [1.82, 2.24) is 14.8 Å². The Balaban J connectivity index is 1.71. The number of anilines is 1. The summed E-state index contributed by atoms with van der Waals surface area (Å²) in [7, 11) is 0. The molecule has 0 saturated carbocycles. The van der Waals surface area contributed by atoms with Crippen LogP contribution in [0.2, 0.25) is 0 Å². The van der Waals surface area contributed by atoms with E-state index in [9.17, 15) is 14.4 Å². The van der Waals surface area contributed by atoms with Crippen molar-refractivity contribution >= 4 is 34.5 Å². The van der Waals surface area contributed by atoms with Gasteiger partial charge in [0.1, 0.15) is 6.54 Å². The fraction of sp³-hybridized carbons (Fsp3) is 0.400. The van der Waals surface area contributed by atoms with Crippen LogP contribution in [-0.4, -0.2) is 72.0 Å². The number of nitrogens with zero attached hydrogens (tertiary/aromatic N) is 4. The molecule has 0 aliphatic carbocycles. The Kier molecular flexibility index (Phi) is 6.08. The molecular formula is C20H24N4O4. The number of benzene rings is 1. The molecule has 8 heteroatoms. The lowest BCUT2D eigenvalue weighted by Crippen LogP contribution is -2.53. The van der Waals surface area contributed by atoms with Crippen molar-refractivity contribution in [3.8, 4) is 0 Å². The van der Waals surface area contributed by atoms with Crippen LogP contribution in [0, 0.1) is 0 Å². The summed E-state index contributed by atoms with van der Waals surface area (Å²) in [6.07, 6.45) is 1.31. The molecule has 1 aromatic heterocycles. The minimum absolute atomic E-state index is 0.0651. The molecule has 1 aliphatic rings. The molecule has 28 heavy (non-hydrogen) atoms. The summed E-state index contributed by atoms with van der Waals surface area (Å²) in [6.45, 7) is 5.12. The second-order valence-electron chi connectivity index (χ2n) is 6.52. The summed E-state index contributed by atoms with van der Waals surface area (Å²) in [5.41, 5.74) is 1.30. The number of fused-ring (bicyclic) bond motifs is 1. The van der Waals surface area contributed by atoms with Crippen molar-refractivity contribution in [1.29, 1.82) is 0 Å². The maximum Gasteiger partial charge on any atom is 0.409 e. The molecule has 0 N–H and O–H groups in total. The topological polar surface area (TPSA) is 83.0 Å². The van der Waals surface area contributed by atoms with Crippen LogP contribution in [0.25, 0.3) is 10.9 Å². The molecule has 0 radical (unpaired) electrons. The normalized spacial score (nSPS) is 14.1. The number of aromatic nitrogens is 1. The van der Waals surface area contributed by atoms with Gasteiger partial charge in [-0.2, -0.15) is 0 Å². The van der Waals surface area contributed by atoms with Crippen LogP contribution >= 0.6 is 0 Å². The van der Waals surface area contributed by atoms with Crippen LogP contribution in [0.5, 0.6) is 0 Å². The number of para-hydroxylation sites is 1. The van der Waals surface area contributed by atoms with E-state index < -0.39 is 0 Å². The third kappa shape index (κ3) is 4.21. The number of piperazine rings is 1. The highest BCUT2D eigenvalue weighted by molar-refractivity contribution is 6.04. The Hall–Kier alpha value is -3.16. The maximum atomic E-state index is 12.8. The van der Waals surface area contributed by atoms with Gasteiger partial charge in [-0.15, -0.1) is 0 Å². The summed E-state index contributed by atoms with van der Waals surface area (Å²) < 4.78 is 5.00. The highest BCUT2D eigenvalue weighted by Crippen LogP contribution is 2.25. The third-order valence-corrected chi connectivity index (χ3v) is 4.73. The van der Waals surface area contributed by atoms with Crippen molar-refractivity contribution in [2.45, 2.75) is 13.8 Å². The number of carbonyl (C=O) groups excluding carboxylic acids is 3. The molecule has 1 saturated heterocycles. The highest BCUT2D eigenvalue weighted by Gasteiger charge is 2.27. The average Bonchev–Trinajstić information content (AvgIpc) is 2.71. The van der Waals surface area contributed by atoms with E-state index in [1.165, 1.54) is 11.8 Å². The number of pyridine rings is 1. The Morgan fingerprint density at radius 1 is 1.07 bits per heavy atom. The first kappa shape index (κ1) is 19.6. The van der Waals surface area contributed by atoms with E-state index >= 15 is 0 Å². The van der Waals surface area contributed by atoms with Gasteiger partial charge in [0.05, 0.1) is 17.8 Å². The summed E-state index contributed by atoms with van der Waals surface area (Å²) in [5.74, 6) is -0.386. The van der Waals surface area contributed by atoms with Gasteiger partial charge in [0.25, 0.3) is 0 Å². The van der Waals surface area contributed by atoms with Crippen LogP contribution in [-0.2, 0) is 14.3 Å². The van der Waals surface area contributed by atoms with E-state index in [0.29, 0.717) is 44.0 Å². The van der Waals surface area contributed by atoms with Crippen LogP contribution in [0.3, 0.4) is 0 Å². The lowest BCUT2D eigenvalue weighted by Gasteiger charge is -2.35. The molecular weight excluding hydrogens is 360 g/mol. The number of amides is 3. The van der Waals surface area contributed by atoms with Gasteiger partial charge >= 0.3 is 6.09 Å². The fourth-order valence-electron chi connectivity index (χ4n) is 3.26. The predicted molar refractivity (Wildman–Crippen MR) is 105 cm³/mol. The van der Waals surface area contributed by atoms with Gasteiger partial charge < -0.3 is 19.4 Å².